The molecule has 10 heteroatoms. The van der Waals surface area contributed by atoms with Crippen LogP contribution >= 0.6 is 0 Å². The summed E-state index contributed by atoms with van der Waals surface area (Å²) in [5.41, 5.74) is -0.0437. The monoisotopic (exact) mass is 510 g/mol. The number of nitriles is 1. The Morgan fingerprint density at radius 1 is 1.03 bits per heavy atom. The third kappa shape index (κ3) is 7.35. The number of nitrogens with one attached hydrogen (secondary N) is 1. The normalized spacial score (nSPS) is 11.4. The number of alkyl halides is 3. The van der Waals surface area contributed by atoms with Gasteiger partial charge >= 0.3 is 12.1 Å². The van der Waals surface area contributed by atoms with Crippen molar-refractivity contribution in [2.24, 2.45) is 0 Å². The largest absolute Gasteiger partial charge is 0.490 e. The third-order valence-corrected chi connectivity index (χ3v) is 4.99. The lowest BCUT2D eigenvalue weighted by Gasteiger charge is -2.13. The number of halogens is 3. The van der Waals surface area contributed by atoms with E-state index < -0.39 is 23.6 Å². The first kappa shape index (κ1) is 26.8. The Hall–Kier alpha value is -4.78. The Balaban J connectivity index is 1.77. The van der Waals surface area contributed by atoms with Crippen LogP contribution in [0, 0.1) is 11.3 Å². The van der Waals surface area contributed by atoms with Gasteiger partial charge in [-0.25, -0.2) is 4.79 Å². The molecule has 0 saturated heterocycles. The van der Waals surface area contributed by atoms with Gasteiger partial charge in [-0.1, -0.05) is 24.3 Å². The molecule has 0 aliphatic rings. The van der Waals surface area contributed by atoms with Crippen molar-refractivity contribution in [2.75, 3.05) is 11.9 Å². The number of nitrogens with zero attached hydrogens (tertiary/aromatic N) is 1. The summed E-state index contributed by atoms with van der Waals surface area (Å²) in [6.45, 7) is 2.20. The van der Waals surface area contributed by atoms with Gasteiger partial charge in [0.05, 0.1) is 17.7 Å². The van der Waals surface area contributed by atoms with Crippen LogP contribution in [0.3, 0.4) is 0 Å². The third-order valence-electron chi connectivity index (χ3n) is 4.99. The minimum atomic E-state index is -4.57. The number of rotatable bonds is 9. The highest BCUT2D eigenvalue weighted by molar-refractivity contribution is 6.09. The van der Waals surface area contributed by atoms with Gasteiger partial charge in [0.25, 0.3) is 5.91 Å². The number of carbonyl (C=O) groups excluding carboxylic acids is 1. The first-order valence-corrected chi connectivity index (χ1v) is 10.9. The molecule has 0 bridgehead atoms. The molecular weight excluding hydrogens is 489 g/mol. The van der Waals surface area contributed by atoms with E-state index in [-0.39, 0.29) is 23.4 Å². The molecule has 1 amide bonds. The van der Waals surface area contributed by atoms with Crippen molar-refractivity contribution in [1.82, 2.24) is 0 Å². The van der Waals surface area contributed by atoms with Crippen LogP contribution in [0.1, 0.15) is 34.0 Å². The molecule has 37 heavy (non-hydrogen) atoms. The van der Waals surface area contributed by atoms with E-state index in [2.05, 4.69) is 5.32 Å². The van der Waals surface area contributed by atoms with Crippen LogP contribution in [0.4, 0.5) is 18.9 Å². The minimum Gasteiger partial charge on any atom is -0.490 e. The molecule has 0 atom stereocenters. The zero-order valence-corrected chi connectivity index (χ0v) is 19.5. The number of hydrogen-bond donors (Lipinski definition) is 2. The van der Waals surface area contributed by atoms with E-state index in [4.69, 9.17) is 14.6 Å². The number of carboxylic acid groups (broad SMARTS) is 1. The molecule has 0 heterocycles. The molecule has 3 rings (SSSR count). The Labute approximate surface area is 210 Å². The van der Waals surface area contributed by atoms with Crippen LogP contribution in [-0.2, 0) is 17.6 Å². The van der Waals surface area contributed by atoms with Crippen molar-refractivity contribution < 1.29 is 37.3 Å². The topological polar surface area (TPSA) is 109 Å². The average molecular weight is 510 g/mol. The molecule has 0 unspecified atom stereocenters. The quantitative estimate of drug-likeness (QED) is 0.273. The van der Waals surface area contributed by atoms with Gasteiger partial charge in [0, 0.05) is 5.69 Å². The fourth-order valence-electron chi connectivity index (χ4n) is 3.19. The second kappa shape index (κ2) is 11.8. The van der Waals surface area contributed by atoms with Gasteiger partial charge in [0.15, 0.2) is 11.5 Å². The predicted molar refractivity (Wildman–Crippen MR) is 129 cm³/mol. The number of hydrogen-bond acceptors (Lipinski definition) is 5. The molecule has 2 N–H and O–H groups in total. The highest BCUT2D eigenvalue weighted by Crippen LogP contribution is 2.32. The number of anilines is 1. The van der Waals surface area contributed by atoms with Gasteiger partial charge in [-0.15, -0.1) is 0 Å². The molecule has 0 aromatic heterocycles. The predicted octanol–water partition coefficient (Wildman–Crippen LogP) is 5.93. The van der Waals surface area contributed by atoms with Crippen molar-refractivity contribution in [2.45, 2.75) is 19.7 Å². The van der Waals surface area contributed by atoms with E-state index in [1.807, 2.05) is 0 Å². The summed E-state index contributed by atoms with van der Waals surface area (Å²) in [7, 11) is 0. The van der Waals surface area contributed by atoms with Gasteiger partial charge in [0.1, 0.15) is 18.2 Å². The van der Waals surface area contributed by atoms with E-state index >= 15 is 0 Å². The standard InChI is InChI=1S/C27H21F3N2O5/c1-2-36-24-13-18(8-11-23(24)37-16-17-6-9-19(10-7-17)26(34)35)12-20(15-31)25(33)32-22-5-3-4-21(14-22)27(28,29)30/h3-14H,2,16H2,1H3,(H,32,33)(H,34,35)/b20-12+. The Kier molecular flexibility index (Phi) is 8.53. The number of benzene rings is 3. The fourth-order valence-corrected chi connectivity index (χ4v) is 3.19. The van der Waals surface area contributed by atoms with Crippen LogP contribution in [0.2, 0.25) is 0 Å². The summed E-state index contributed by atoms with van der Waals surface area (Å²) >= 11 is 0. The number of aromatic carboxylic acids is 1. The van der Waals surface area contributed by atoms with Crippen LogP contribution in [0.25, 0.3) is 6.08 Å². The Morgan fingerprint density at radius 2 is 1.76 bits per heavy atom. The molecule has 0 radical (unpaired) electrons. The lowest BCUT2D eigenvalue weighted by atomic mass is 10.1. The molecule has 190 valence electrons. The fraction of sp³-hybridized carbons (Fsp3) is 0.148. The molecule has 0 spiro atoms. The van der Waals surface area contributed by atoms with Crippen LogP contribution in [0.15, 0.2) is 72.3 Å². The van der Waals surface area contributed by atoms with Crippen molar-refractivity contribution >= 4 is 23.6 Å². The zero-order chi connectivity index (χ0) is 27.0. The maximum atomic E-state index is 12.9. The van der Waals surface area contributed by atoms with Gasteiger partial charge in [-0.05, 0) is 66.6 Å². The van der Waals surface area contributed by atoms with Crippen molar-refractivity contribution in [1.29, 1.82) is 5.26 Å². The molecule has 0 aliphatic carbocycles. The van der Waals surface area contributed by atoms with E-state index in [1.54, 1.807) is 43.3 Å². The summed E-state index contributed by atoms with van der Waals surface area (Å²) in [5, 5.41) is 20.8. The smallest absolute Gasteiger partial charge is 0.416 e. The molecule has 3 aromatic rings. The Bertz CT molecular complexity index is 1360. The summed E-state index contributed by atoms with van der Waals surface area (Å²) in [4.78, 5) is 23.5. The average Bonchev–Trinajstić information content (AvgIpc) is 2.86. The van der Waals surface area contributed by atoms with Crippen molar-refractivity contribution in [3.8, 4) is 17.6 Å². The van der Waals surface area contributed by atoms with Gasteiger partial charge in [-0.3, -0.25) is 4.79 Å². The van der Waals surface area contributed by atoms with Crippen molar-refractivity contribution in [3.05, 3.63) is 94.6 Å². The molecule has 3 aromatic carbocycles. The lowest BCUT2D eigenvalue weighted by Crippen LogP contribution is -2.14. The summed E-state index contributed by atoms with van der Waals surface area (Å²) in [5.74, 6) is -1.18. The maximum Gasteiger partial charge on any atom is 0.416 e. The second-order valence-electron chi connectivity index (χ2n) is 7.63. The number of carbonyl (C=O) groups is 2. The van der Waals surface area contributed by atoms with Crippen LogP contribution in [0.5, 0.6) is 11.5 Å². The second-order valence-corrected chi connectivity index (χ2v) is 7.63. The number of carboxylic acids is 1. The van der Waals surface area contributed by atoms with E-state index in [1.165, 1.54) is 24.3 Å². The van der Waals surface area contributed by atoms with E-state index in [0.29, 0.717) is 23.7 Å². The zero-order valence-electron chi connectivity index (χ0n) is 19.5. The van der Waals surface area contributed by atoms with Gasteiger partial charge < -0.3 is 19.9 Å². The molecule has 7 nitrogen and oxygen atoms in total. The SMILES string of the molecule is CCOc1cc(/C=C(\C#N)C(=O)Nc2cccc(C(F)(F)F)c2)ccc1OCc1ccc(C(=O)O)cc1. The first-order valence-electron chi connectivity index (χ1n) is 10.9. The van der Waals surface area contributed by atoms with Gasteiger partial charge in [-0.2, -0.15) is 18.4 Å². The molecule has 0 fully saturated rings. The highest BCUT2D eigenvalue weighted by atomic mass is 19.4. The molecule has 0 aliphatic heterocycles. The minimum absolute atomic E-state index is 0.101. The van der Waals surface area contributed by atoms with E-state index in [0.717, 1.165) is 23.8 Å². The summed E-state index contributed by atoms with van der Waals surface area (Å²) in [6, 6.07) is 16.8. The Morgan fingerprint density at radius 3 is 2.38 bits per heavy atom. The highest BCUT2D eigenvalue weighted by Gasteiger charge is 2.30. The number of amides is 1. The van der Waals surface area contributed by atoms with Crippen LogP contribution < -0.4 is 14.8 Å². The van der Waals surface area contributed by atoms with E-state index in [9.17, 15) is 28.0 Å². The maximum absolute atomic E-state index is 12.9. The molecule has 0 saturated carbocycles. The van der Waals surface area contributed by atoms with Crippen LogP contribution in [-0.4, -0.2) is 23.6 Å². The summed E-state index contributed by atoms with van der Waals surface area (Å²) < 4.78 is 50.2. The number of ether oxygens (including phenoxy) is 2. The molecular formula is C27H21F3N2O5. The van der Waals surface area contributed by atoms with Gasteiger partial charge in [0.2, 0.25) is 0 Å². The lowest BCUT2D eigenvalue weighted by molar-refractivity contribution is -0.137. The summed E-state index contributed by atoms with van der Waals surface area (Å²) in [6.07, 6.45) is -3.30. The first-order chi connectivity index (χ1) is 17.6. The van der Waals surface area contributed by atoms with Crippen molar-refractivity contribution in [3.63, 3.8) is 0 Å².